The van der Waals surface area contributed by atoms with Crippen molar-refractivity contribution in [3.63, 3.8) is 0 Å². The van der Waals surface area contributed by atoms with Crippen LogP contribution in [0.4, 0.5) is 0 Å². The van der Waals surface area contributed by atoms with Crippen LogP contribution < -0.4 is 5.56 Å². The van der Waals surface area contributed by atoms with Gasteiger partial charge in [0.05, 0.1) is 5.69 Å². The molecular formula is C23H22N6O. The first-order valence-electron chi connectivity index (χ1n) is 10.4. The van der Waals surface area contributed by atoms with Crippen LogP contribution in [0, 0.1) is 5.92 Å². The van der Waals surface area contributed by atoms with Gasteiger partial charge in [-0.15, -0.1) is 0 Å². The highest BCUT2D eigenvalue weighted by molar-refractivity contribution is 5.62. The summed E-state index contributed by atoms with van der Waals surface area (Å²) in [7, 11) is 0. The fourth-order valence-corrected chi connectivity index (χ4v) is 5.14. The van der Waals surface area contributed by atoms with E-state index in [4.69, 9.17) is 0 Å². The number of aromatic nitrogens is 5. The molecule has 4 aromatic heterocycles. The van der Waals surface area contributed by atoms with Gasteiger partial charge in [-0.05, 0) is 42.2 Å². The van der Waals surface area contributed by atoms with Crippen molar-refractivity contribution < 1.29 is 0 Å². The Morgan fingerprint density at radius 1 is 1.03 bits per heavy atom. The van der Waals surface area contributed by atoms with Crippen LogP contribution in [0.3, 0.4) is 0 Å². The minimum atomic E-state index is 0.0990. The van der Waals surface area contributed by atoms with Gasteiger partial charge in [-0.25, -0.2) is 9.50 Å². The summed E-state index contributed by atoms with van der Waals surface area (Å²) in [5, 5.41) is 4.38. The van der Waals surface area contributed by atoms with Crippen LogP contribution in [0.25, 0.3) is 16.8 Å². The van der Waals surface area contributed by atoms with Gasteiger partial charge in [0.2, 0.25) is 0 Å². The molecule has 0 amide bonds. The predicted molar refractivity (Wildman–Crippen MR) is 113 cm³/mol. The molecule has 0 saturated carbocycles. The van der Waals surface area contributed by atoms with Crippen molar-refractivity contribution in [3.8, 4) is 11.1 Å². The molecule has 2 atom stereocenters. The number of fused-ring (bicyclic) bond motifs is 5. The first kappa shape index (κ1) is 17.5. The Morgan fingerprint density at radius 3 is 2.90 bits per heavy atom. The molecule has 0 aliphatic carbocycles. The second-order valence-corrected chi connectivity index (χ2v) is 8.40. The molecule has 0 spiro atoms. The summed E-state index contributed by atoms with van der Waals surface area (Å²) in [6, 6.07) is 14.0. The van der Waals surface area contributed by atoms with Crippen molar-refractivity contribution in [1.82, 2.24) is 29.0 Å². The van der Waals surface area contributed by atoms with Crippen LogP contribution in [0.15, 0.2) is 66.0 Å². The van der Waals surface area contributed by atoms with E-state index < -0.39 is 0 Å². The maximum Gasteiger partial charge on any atom is 0.251 e. The summed E-state index contributed by atoms with van der Waals surface area (Å²) in [5.41, 5.74) is 5.23. The normalized spacial score (nSPS) is 20.9. The van der Waals surface area contributed by atoms with Crippen molar-refractivity contribution in [3.05, 3.63) is 82.9 Å². The molecule has 0 unspecified atom stereocenters. The lowest BCUT2D eigenvalue weighted by molar-refractivity contribution is 0.112. The summed E-state index contributed by atoms with van der Waals surface area (Å²) in [4.78, 5) is 23.9. The van der Waals surface area contributed by atoms with E-state index in [1.54, 1.807) is 18.6 Å². The Hall–Kier alpha value is -3.32. The van der Waals surface area contributed by atoms with Gasteiger partial charge in [0.15, 0.2) is 5.65 Å². The topological polar surface area (TPSA) is 68.3 Å². The molecule has 0 radical (unpaired) electrons. The number of pyridine rings is 3. The standard InChI is InChI=1S/C23H22N6O/c30-23-9-18(17-3-2-6-24-10-17)8-21-19-7-16(12-28(21)23)11-27(13-19)14-20-4-1-5-22-25-15-26-29(20)22/h1-6,8-10,15-16,19H,7,11-14H2/t16-,19+/m0/s1. The molecule has 150 valence electrons. The van der Waals surface area contributed by atoms with E-state index in [-0.39, 0.29) is 5.56 Å². The first-order valence-corrected chi connectivity index (χ1v) is 10.4. The van der Waals surface area contributed by atoms with Crippen molar-refractivity contribution in [2.24, 2.45) is 5.92 Å². The summed E-state index contributed by atoms with van der Waals surface area (Å²) in [6.07, 6.45) is 6.32. The van der Waals surface area contributed by atoms with Crippen LogP contribution >= 0.6 is 0 Å². The molecule has 6 rings (SSSR count). The highest BCUT2D eigenvalue weighted by atomic mass is 16.1. The summed E-state index contributed by atoms with van der Waals surface area (Å²) < 4.78 is 3.91. The van der Waals surface area contributed by atoms with Gasteiger partial charge >= 0.3 is 0 Å². The Morgan fingerprint density at radius 2 is 2.00 bits per heavy atom. The van der Waals surface area contributed by atoms with E-state index in [1.165, 1.54) is 0 Å². The lowest BCUT2D eigenvalue weighted by atomic mass is 9.82. The third kappa shape index (κ3) is 2.93. The van der Waals surface area contributed by atoms with Crippen molar-refractivity contribution in [2.75, 3.05) is 13.1 Å². The largest absolute Gasteiger partial charge is 0.312 e. The molecule has 30 heavy (non-hydrogen) atoms. The molecule has 1 fully saturated rings. The quantitative estimate of drug-likeness (QED) is 0.531. The van der Waals surface area contributed by atoms with E-state index in [0.29, 0.717) is 11.8 Å². The van der Waals surface area contributed by atoms with Gasteiger partial charge < -0.3 is 4.57 Å². The molecule has 0 aromatic carbocycles. The second kappa shape index (κ2) is 6.88. The SMILES string of the molecule is O=c1cc(-c2cccnc2)cc2n1C[C@H]1C[C@@H]2CN(Cc2cccc3ncnn23)C1. The summed E-state index contributed by atoms with van der Waals surface area (Å²) >= 11 is 0. The average molecular weight is 398 g/mol. The third-order valence-electron chi connectivity index (χ3n) is 6.39. The summed E-state index contributed by atoms with van der Waals surface area (Å²) in [5.74, 6) is 0.852. The Labute approximate surface area is 173 Å². The van der Waals surface area contributed by atoms with E-state index in [2.05, 4.69) is 32.1 Å². The zero-order valence-corrected chi connectivity index (χ0v) is 16.6. The lowest BCUT2D eigenvalue weighted by Gasteiger charge is -2.43. The van der Waals surface area contributed by atoms with Crippen LogP contribution in [-0.4, -0.2) is 42.1 Å². The lowest BCUT2D eigenvalue weighted by Crippen LogP contribution is -2.46. The molecule has 1 saturated heterocycles. The van der Waals surface area contributed by atoms with Crippen LogP contribution in [0.5, 0.6) is 0 Å². The van der Waals surface area contributed by atoms with E-state index in [9.17, 15) is 4.79 Å². The minimum absolute atomic E-state index is 0.0990. The number of rotatable bonds is 3. The smallest absolute Gasteiger partial charge is 0.251 e. The number of hydrogen-bond acceptors (Lipinski definition) is 5. The Balaban J connectivity index is 1.33. The summed E-state index contributed by atoms with van der Waals surface area (Å²) in [6.45, 7) is 3.57. The van der Waals surface area contributed by atoms with Crippen molar-refractivity contribution in [1.29, 1.82) is 0 Å². The third-order valence-corrected chi connectivity index (χ3v) is 6.39. The highest BCUT2D eigenvalue weighted by Crippen LogP contribution is 2.37. The van der Waals surface area contributed by atoms with E-state index in [1.807, 2.05) is 39.5 Å². The van der Waals surface area contributed by atoms with E-state index in [0.717, 1.165) is 60.8 Å². The highest BCUT2D eigenvalue weighted by Gasteiger charge is 2.35. The number of hydrogen-bond donors (Lipinski definition) is 0. The molecule has 4 aromatic rings. The van der Waals surface area contributed by atoms with E-state index >= 15 is 0 Å². The van der Waals surface area contributed by atoms with Gasteiger partial charge in [0.1, 0.15) is 6.33 Å². The number of piperidine rings is 1. The fraction of sp³-hybridized carbons (Fsp3) is 0.304. The zero-order chi connectivity index (χ0) is 20.1. The molecule has 2 bridgehead atoms. The number of nitrogens with zero attached hydrogens (tertiary/aromatic N) is 6. The van der Waals surface area contributed by atoms with Crippen molar-refractivity contribution >= 4 is 5.65 Å². The van der Waals surface area contributed by atoms with Crippen LogP contribution in [-0.2, 0) is 13.1 Å². The van der Waals surface area contributed by atoms with Crippen LogP contribution in [0.1, 0.15) is 23.7 Å². The Bertz CT molecular complexity index is 1280. The molecule has 6 heterocycles. The Kier molecular flexibility index (Phi) is 4.02. The maximum atomic E-state index is 12.9. The predicted octanol–water partition coefficient (Wildman–Crippen LogP) is 2.57. The molecule has 2 aliphatic heterocycles. The minimum Gasteiger partial charge on any atom is -0.312 e. The zero-order valence-electron chi connectivity index (χ0n) is 16.6. The van der Waals surface area contributed by atoms with Gasteiger partial charge in [0, 0.05) is 61.8 Å². The molecule has 7 nitrogen and oxygen atoms in total. The van der Waals surface area contributed by atoms with Gasteiger partial charge in [-0.2, -0.15) is 5.10 Å². The monoisotopic (exact) mass is 398 g/mol. The van der Waals surface area contributed by atoms with Gasteiger partial charge in [-0.1, -0.05) is 12.1 Å². The fourth-order valence-electron chi connectivity index (χ4n) is 5.14. The van der Waals surface area contributed by atoms with Gasteiger partial charge in [-0.3, -0.25) is 14.7 Å². The van der Waals surface area contributed by atoms with Crippen molar-refractivity contribution in [2.45, 2.75) is 25.4 Å². The molecule has 2 aliphatic rings. The average Bonchev–Trinajstić information content (AvgIpc) is 3.25. The van der Waals surface area contributed by atoms with Crippen LogP contribution in [0.2, 0.25) is 0 Å². The van der Waals surface area contributed by atoms with Gasteiger partial charge in [0.25, 0.3) is 5.56 Å². The second-order valence-electron chi connectivity index (χ2n) is 8.40. The molecular weight excluding hydrogens is 376 g/mol. The molecule has 7 heteroatoms. The number of likely N-dealkylation sites (tertiary alicyclic amines) is 1. The first-order chi connectivity index (χ1) is 14.7. The molecule has 0 N–H and O–H groups in total. The maximum absolute atomic E-state index is 12.9.